The van der Waals surface area contributed by atoms with E-state index in [4.69, 9.17) is 9.47 Å². The normalized spacial score (nSPS) is 11.6. The van der Waals surface area contributed by atoms with Crippen molar-refractivity contribution in [2.24, 2.45) is 0 Å². The van der Waals surface area contributed by atoms with Crippen molar-refractivity contribution in [3.8, 4) is 5.75 Å². The van der Waals surface area contributed by atoms with Crippen LogP contribution in [0.1, 0.15) is 11.6 Å². The lowest BCUT2D eigenvalue weighted by Crippen LogP contribution is -2.22. The van der Waals surface area contributed by atoms with Gasteiger partial charge in [-0.1, -0.05) is 24.3 Å². The number of hydrogen-bond donors (Lipinski definition) is 0. The number of nitrogens with zero attached hydrogens (tertiary/aromatic N) is 1. The molecule has 0 spiro atoms. The van der Waals surface area contributed by atoms with Gasteiger partial charge in [0.2, 0.25) is 0 Å². The number of rotatable bonds is 5. The zero-order valence-corrected chi connectivity index (χ0v) is 10.7. The lowest BCUT2D eigenvalue weighted by Gasteiger charge is -2.15. The number of carbonyl (C=O) groups excluding carboxylic acids is 1. The van der Waals surface area contributed by atoms with E-state index in [9.17, 15) is 4.79 Å². The van der Waals surface area contributed by atoms with E-state index >= 15 is 0 Å². The summed E-state index contributed by atoms with van der Waals surface area (Å²) in [7, 11) is 1.36. The third kappa shape index (κ3) is 3.55. The fourth-order valence-corrected chi connectivity index (χ4v) is 1.69. The highest BCUT2D eigenvalue weighted by atomic mass is 16.5. The number of ether oxygens (including phenoxy) is 2. The predicted octanol–water partition coefficient (Wildman–Crippen LogP) is 2.42. The molecule has 0 N–H and O–H groups in total. The van der Waals surface area contributed by atoms with Crippen LogP contribution in [0, 0.1) is 0 Å². The first-order valence-corrected chi connectivity index (χ1v) is 5.98. The van der Waals surface area contributed by atoms with Crippen LogP contribution in [-0.4, -0.2) is 24.7 Å². The summed E-state index contributed by atoms with van der Waals surface area (Å²) in [5, 5.41) is 0. The summed E-state index contributed by atoms with van der Waals surface area (Å²) in [5.41, 5.74) is 0.644. The minimum atomic E-state index is -0.522. The van der Waals surface area contributed by atoms with Crippen LogP contribution >= 0.6 is 0 Å². The summed E-state index contributed by atoms with van der Waals surface area (Å²) in [6.07, 6.45) is 1.65. The summed E-state index contributed by atoms with van der Waals surface area (Å²) in [6, 6.07) is 14.8. The van der Waals surface area contributed by atoms with Crippen LogP contribution < -0.4 is 4.74 Å². The molecule has 0 aliphatic rings. The monoisotopic (exact) mass is 257 g/mol. The number of hydrogen-bond acceptors (Lipinski definition) is 4. The lowest BCUT2D eigenvalue weighted by molar-refractivity contribution is -0.143. The molecule has 4 nitrogen and oxygen atoms in total. The van der Waals surface area contributed by atoms with Crippen molar-refractivity contribution in [1.82, 2.24) is 4.98 Å². The summed E-state index contributed by atoms with van der Waals surface area (Å²) in [5.74, 6) is -0.159. The van der Waals surface area contributed by atoms with Gasteiger partial charge in [-0.05, 0) is 24.3 Å². The average Bonchev–Trinajstić information content (AvgIpc) is 2.49. The smallest absolute Gasteiger partial charge is 0.318 e. The Hall–Kier alpha value is -2.36. The van der Waals surface area contributed by atoms with E-state index in [1.165, 1.54) is 7.11 Å². The van der Waals surface area contributed by atoms with Gasteiger partial charge in [0, 0.05) is 6.20 Å². The summed E-state index contributed by atoms with van der Waals surface area (Å²) >= 11 is 0. The van der Waals surface area contributed by atoms with E-state index in [1.54, 1.807) is 18.3 Å². The fraction of sp³-hybridized carbons (Fsp3) is 0.200. The maximum atomic E-state index is 11.8. The first kappa shape index (κ1) is 13.1. The van der Waals surface area contributed by atoms with E-state index in [2.05, 4.69) is 4.98 Å². The van der Waals surface area contributed by atoms with Gasteiger partial charge in [0.1, 0.15) is 18.3 Å². The second kappa shape index (κ2) is 6.54. The van der Waals surface area contributed by atoms with Gasteiger partial charge in [-0.3, -0.25) is 9.78 Å². The first-order chi connectivity index (χ1) is 9.31. The Balaban J connectivity index is 2.09. The van der Waals surface area contributed by atoms with Crippen molar-refractivity contribution < 1.29 is 14.3 Å². The first-order valence-electron chi connectivity index (χ1n) is 5.98. The molecule has 2 aromatic rings. The summed E-state index contributed by atoms with van der Waals surface area (Å²) in [4.78, 5) is 16.0. The molecule has 0 aliphatic heterocycles. The van der Waals surface area contributed by atoms with Crippen LogP contribution in [0.4, 0.5) is 0 Å². The van der Waals surface area contributed by atoms with Gasteiger partial charge in [0.25, 0.3) is 0 Å². The van der Waals surface area contributed by atoms with Crippen molar-refractivity contribution in [2.75, 3.05) is 13.7 Å². The highest BCUT2D eigenvalue weighted by Gasteiger charge is 2.23. The third-order valence-corrected chi connectivity index (χ3v) is 2.69. The molecule has 0 amide bonds. The van der Waals surface area contributed by atoms with Crippen molar-refractivity contribution in [2.45, 2.75) is 5.92 Å². The zero-order chi connectivity index (χ0) is 13.5. The van der Waals surface area contributed by atoms with Crippen molar-refractivity contribution in [1.29, 1.82) is 0 Å². The number of methoxy groups -OCH3 is 1. The molecule has 1 aromatic carbocycles. The molecule has 1 aromatic heterocycles. The van der Waals surface area contributed by atoms with Gasteiger partial charge < -0.3 is 9.47 Å². The summed E-state index contributed by atoms with van der Waals surface area (Å²) in [6.45, 7) is 0.202. The SMILES string of the molecule is COC(=O)C(COc1ccccc1)c1ccccn1. The van der Waals surface area contributed by atoms with Gasteiger partial charge >= 0.3 is 5.97 Å². The molecule has 1 atom stereocenters. The molecule has 4 heteroatoms. The van der Waals surface area contributed by atoms with Crippen LogP contribution in [0.3, 0.4) is 0 Å². The van der Waals surface area contributed by atoms with Crippen LogP contribution in [0.5, 0.6) is 5.75 Å². The minimum Gasteiger partial charge on any atom is -0.492 e. The number of esters is 1. The second-order valence-corrected chi connectivity index (χ2v) is 3.95. The van der Waals surface area contributed by atoms with Crippen molar-refractivity contribution >= 4 is 5.97 Å². The molecule has 2 rings (SSSR count). The third-order valence-electron chi connectivity index (χ3n) is 2.69. The minimum absolute atomic E-state index is 0.202. The Kier molecular flexibility index (Phi) is 4.50. The Bertz CT molecular complexity index is 513. The molecule has 0 fully saturated rings. The summed E-state index contributed by atoms with van der Waals surface area (Å²) < 4.78 is 10.4. The lowest BCUT2D eigenvalue weighted by atomic mass is 10.1. The van der Waals surface area contributed by atoms with Crippen LogP contribution in [0.25, 0.3) is 0 Å². The fourth-order valence-electron chi connectivity index (χ4n) is 1.69. The molecule has 0 saturated heterocycles. The van der Waals surface area contributed by atoms with Crippen molar-refractivity contribution in [3.05, 3.63) is 60.4 Å². The largest absolute Gasteiger partial charge is 0.492 e. The van der Waals surface area contributed by atoms with Crippen LogP contribution in [-0.2, 0) is 9.53 Å². The van der Waals surface area contributed by atoms with E-state index in [0.717, 1.165) is 0 Å². The molecule has 0 saturated carbocycles. The number of benzene rings is 1. The number of carbonyl (C=O) groups is 1. The molecule has 1 heterocycles. The van der Waals surface area contributed by atoms with Crippen LogP contribution in [0.15, 0.2) is 54.7 Å². The topological polar surface area (TPSA) is 48.4 Å². The Morgan fingerprint density at radius 1 is 1.16 bits per heavy atom. The maximum Gasteiger partial charge on any atom is 0.318 e. The quantitative estimate of drug-likeness (QED) is 0.772. The molecule has 1 unspecified atom stereocenters. The van der Waals surface area contributed by atoms with E-state index in [-0.39, 0.29) is 12.6 Å². The molecule has 0 bridgehead atoms. The van der Waals surface area contributed by atoms with E-state index in [1.807, 2.05) is 36.4 Å². The van der Waals surface area contributed by atoms with Gasteiger partial charge in [-0.15, -0.1) is 0 Å². The second-order valence-electron chi connectivity index (χ2n) is 3.95. The Labute approximate surface area is 112 Å². The van der Waals surface area contributed by atoms with Gasteiger partial charge in [0.15, 0.2) is 0 Å². The standard InChI is InChI=1S/C15H15NO3/c1-18-15(17)13(14-9-5-6-10-16-14)11-19-12-7-3-2-4-8-12/h2-10,13H,11H2,1H3. The molecule has 0 radical (unpaired) electrons. The number of para-hydroxylation sites is 1. The Morgan fingerprint density at radius 2 is 1.89 bits per heavy atom. The number of pyridine rings is 1. The Morgan fingerprint density at radius 3 is 2.53 bits per heavy atom. The highest BCUT2D eigenvalue weighted by molar-refractivity contribution is 5.77. The molecular weight excluding hydrogens is 242 g/mol. The predicted molar refractivity (Wildman–Crippen MR) is 70.9 cm³/mol. The molecule has 98 valence electrons. The van der Waals surface area contributed by atoms with Gasteiger partial charge in [-0.2, -0.15) is 0 Å². The van der Waals surface area contributed by atoms with Gasteiger partial charge in [-0.25, -0.2) is 0 Å². The van der Waals surface area contributed by atoms with E-state index < -0.39 is 5.92 Å². The molecule has 19 heavy (non-hydrogen) atoms. The van der Waals surface area contributed by atoms with Crippen LogP contribution in [0.2, 0.25) is 0 Å². The average molecular weight is 257 g/mol. The van der Waals surface area contributed by atoms with Gasteiger partial charge in [0.05, 0.1) is 12.8 Å². The molecular formula is C15H15NO3. The number of aromatic nitrogens is 1. The zero-order valence-electron chi connectivity index (χ0n) is 10.7. The van der Waals surface area contributed by atoms with Crippen molar-refractivity contribution in [3.63, 3.8) is 0 Å². The highest BCUT2D eigenvalue weighted by Crippen LogP contribution is 2.17. The van der Waals surface area contributed by atoms with E-state index in [0.29, 0.717) is 11.4 Å². The molecule has 0 aliphatic carbocycles. The maximum absolute atomic E-state index is 11.8.